The largest absolute Gasteiger partial charge is 0.339 e. The normalized spacial score (nSPS) is 20.4. The van der Waals surface area contributed by atoms with Gasteiger partial charge in [-0.2, -0.15) is 0 Å². The van der Waals surface area contributed by atoms with Crippen molar-refractivity contribution in [3.63, 3.8) is 0 Å². The van der Waals surface area contributed by atoms with E-state index in [4.69, 9.17) is 0 Å². The first-order valence-electron chi connectivity index (χ1n) is 11.4. The number of benzene rings is 1. The molecule has 31 heavy (non-hydrogen) atoms. The van der Waals surface area contributed by atoms with Crippen LogP contribution < -0.4 is 0 Å². The Morgan fingerprint density at radius 1 is 1.03 bits per heavy atom. The van der Waals surface area contributed by atoms with E-state index < -0.39 is 0 Å². The van der Waals surface area contributed by atoms with Crippen LogP contribution in [-0.2, 0) is 16.0 Å². The van der Waals surface area contributed by atoms with E-state index >= 15 is 0 Å². The molecule has 0 bridgehead atoms. The summed E-state index contributed by atoms with van der Waals surface area (Å²) in [5.74, 6) is 0.392. The van der Waals surface area contributed by atoms with E-state index in [0.29, 0.717) is 32.6 Å². The lowest BCUT2D eigenvalue weighted by atomic mass is 9.89. The van der Waals surface area contributed by atoms with Gasteiger partial charge in [0.15, 0.2) is 0 Å². The summed E-state index contributed by atoms with van der Waals surface area (Å²) in [5, 5.41) is 2.18. The highest BCUT2D eigenvalue weighted by molar-refractivity contribution is 7.10. The number of thiophene rings is 1. The molecule has 2 atom stereocenters. The SMILES string of the molecule is CCCC(=O)N1CCN(C(=O)[C@@H](C)N2CCc3sccc3[C@H]2c2ccccc2C)CC1. The molecule has 4 rings (SSSR count). The van der Waals surface area contributed by atoms with Crippen LogP contribution in [0.1, 0.15) is 54.3 Å². The molecule has 2 aliphatic rings. The van der Waals surface area contributed by atoms with Crippen molar-refractivity contribution in [1.82, 2.24) is 14.7 Å². The van der Waals surface area contributed by atoms with E-state index in [2.05, 4.69) is 54.5 Å². The van der Waals surface area contributed by atoms with E-state index in [1.54, 1.807) is 0 Å². The van der Waals surface area contributed by atoms with Gasteiger partial charge >= 0.3 is 0 Å². The molecule has 5 nitrogen and oxygen atoms in total. The molecule has 1 aromatic carbocycles. The van der Waals surface area contributed by atoms with Crippen molar-refractivity contribution in [3.05, 3.63) is 57.3 Å². The van der Waals surface area contributed by atoms with Crippen LogP contribution in [0.15, 0.2) is 35.7 Å². The van der Waals surface area contributed by atoms with Gasteiger partial charge in [-0.25, -0.2) is 0 Å². The quantitative estimate of drug-likeness (QED) is 0.711. The molecule has 0 saturated carbocycles. The number of amides is 2. The standard InChI is InChI=1S/C25H33N3O2S/c1-4-7-23(29)26-13-15-27(16-14-26)25(30)19(3)28-12-10-22-21(11-17-31-22)24(28)20-9-6-5-8-18(20)2/h5-6,8-9,11,17,19,24H,4,7,10,12-16H2,1-3H3/t19-,24-/m1/s1. The van der Waals surface area contributed by atoms with Gasteiger partial charge in [0.05, 0.1) is 12.1 Å². The van der Waals surface area contributed by atoms with Gasteiger partial charge in [0.25, 0.3) is 0 Å². The monoisotopic (exact) mass is 439 g/mol. The summed E-state index contributed by atoms with van der Waals surface area (Å²) in [6.45, 7) is 9.68. The Kier molecular flexibility index (Phi) is 6.77. The van der Waals surface area contributed by atoms with Gasteiger partial charge in [0, 0.05) is 44.0 Å². The Morgan fingerprint density at radius 3 is 2.45 bits per heavy atom. The summed E-state index contributed by atoms with van der Waals surface area (Å²) < 4.78 is 0. The van der Waals surface area contributed by atoms with Gasteiger partial charge < -0.3 is 9.80 Å². The summed E-state index contributed by atoms with van der Waals surface area (Å²) >= 11 is 1.83. The maximum Gasteiger partial charge on any atom is 0.239 e. The highest BCUT2D eigenvalue weighted by atomic mass is 32.1. The van der Waals surface area contributed by atoms with E-state index in [0.717, 1.165) is 19.4 Å². The summed E-state index contributed by atoms with van der Waals surface area (Å²) in [6.07, 6.45) is 2.46. The zero-order valence-corrected chi connectivity index (χ0v) is 19.7. The number of aryl methyl sites for hydroxylation is 1. The maximum absolute atomic E-state index is 13.5. The molecule has 0 aliphatic carbocycles. The summed E-state index contributed by atoms with van der Waals surface area (Å²) in [7, 11) is 0. The van der Waals surface area contributed by atoms with Gasteiger partial charge in [-0.1, -0.05) is 31.2 Å². The Labute approximate surface area is 189 Å². The smallest absolute Gasteiger partial charge is 0.239 e. The van der Waals surface area contributed by atoms with E-state index in [-0.39, 0.29) is 23.9 Å². The van der Waals surface area contributed by atoms with Crippen LogP contribution in [0.5, 0.6) is 0 Å². The number of rotatable bonds is 5. The molecular weight excluding hydrogens is 406 g/mol. The number of nitrogens with zero attached hydrogens (tertiary/aromatic N) is 3. The zero-order valence-electron chi connectivity index (χ0n) is 18.8. The van der Waals surface area contributed by atoms with Gasteiger partial charge in [-0.15, -0.1) is 11.3 Å². The molecule has 0 radical (unpaired) electrons. The summed E-state index contributed by atoms with van der Waals surface area (Å²) in [5.41, 5.74) is 3.90. The van der Waals surface area contributed by atoms with Crippen LogP contribution in [-0.4, -0.2) is 65.3 Å². The van der Waals surface area contributed by atoms with E-state index in [9.17, 15) is 9.59 Å². The molecule has 2 aromatic rings. The number of hydrogen-bond acceptors (Lipinski definition) is 4. The predicted molar refractivity (Wildman–Crippen MR) is 125 cm³/mol. The molecule has 1 aromatic heterocycles. The first-order valence-corrected chi connectivity index (χ1v) is 12.3. The van der Waals surface area contributed by atoms with Crippen molar-refractivity contribution in [1.29, 1.82) is 0 Å². The molecule has 2 aliphatic heterocycles. The number of piperazine rings is 1. The van der Waals surface area contributed by atoms with Crippen LogP contribution in [0.3, 0.4) is 0 Å². The van der Waals surface area contributed by atoms with Crippen molar-refractivity contribution >= 4 is 23.2 Å². The minimum absolute atomic E-state index is 0.113. The molecule has 0 unspecified atom stereocenters. The van der Waals surface area contributed by atoms with Crippen LogP contribution in [0.4, 0.5) is 0 Å². The van der Waals surface area contributed by atoms with Crippen molar-refractivity contribution in [2.45, 2.75) is 52.1 Å². The molecule has 3 heterocycles. The topological polar surface area (TPSA) is 43.9 Å². The molecule has 166 valence electrons. The summed E-state index contributed by atoms with van der Waals surface area (Å²) in [6, 6.07) is 10.7. The van der Waals surface area contributed by atoms with Crippen LogP contribution in [0.25, 0.3) is 0 Å². The molecule has 2 amide bonds. The number of carbonyl (C=O) groups is 2. The second kappa shape index (κ2) is 9.53. The first-order chi connectivity index (χ1) is 15.0. The summed E-state index contributed by atoms with van der Waals surface area (Å²) in [4.78, 5) is 33.4. The van der Waals surface area contributed by atoms with Crippen molar-refractivity contribution in [2.75, 3.05) is 32.7 Å². The van der Waals surface area contributed by atoms with Gasteiger partial charge in [-0.3, -0.25) is 14.5 Å². The Balaban J connectivity index is 1.52. The third-order valence-corrected chi connectivity index (χ3v) is 7.75. The van der Waals surface area contributed by atoms with Crippen LogP contribution in [0, 0.1) is 6.92 Å². The van der Waals surface area contributed by atoms with Crippen molar-refractivity contribution in [2.24, 2.45) is 0 Å². The first kappa shape index (κ1) is 22.0. The fraction of sp³-hybridized carbons (Fsp3) is 0.520. The highest BCUT2D eigenvalue weighted by Gasteiger charge is 2.37. The third kappa shape index (κ3) is 4.41. The van der Waals surface area contributed by atoms with Gasteiger partial charge in [0.1, 0.15) is 0 Å². The van der Waals surface area contributed by atoms with Gasteiger partial charge in [-0.05, 0) is 54.8 Å². The average molecular weight is 440 g/mol. The van der Waals surface area contributed by atoms with E-state index in [1.165, 1.54) is 21.6 Å². The Morgan fingerprint density at radius 2 is 1.74 bits per heavy atom. The molecule has 1 saturated heterocycles. The lowest BCUT2D eigenvalue weighted by Crippen LogP contribution is -2.56. The average Bonchev–Trinajstić information content (AvgIpc) is 3.27. The Hall–Kier alpha value is -2.18. The molecule has 1 fully saturated rings. The van der Waals surface area contributed by atoms with Crippen molar-refractivity contribution in [3.8, 4) is 0 Å². The Bertz CT molecular complexity index is 932. The molecule has 0 N–H and O–H groups in total. The fourth-order valence-corrected chi connectivity index (χ4v) is 5.85. The van der Waals surface area contributed by atoms with Gasteiger partial charge in [0.2, 0.25) is 11.8 Å². The molecular formula is C25H33N3O2S. The lowest BCUT2D eigenvalue weighted by molar-refractivity contribution is -0.143. The predicted octanol–water partition coefficient (Wildman–Crippen LogP) is 3.86. The fourth-order valence-electron chi connectivity index (χ4n) is 4.95. The lowest BCUT2D eigenvalue weighted by Gasteiger charge is -2.43. The minimum atomic E-state index is -0.199. The third-order valence-electron chi connectivity index (χ3n) is 6.75. The molecule has 0 spiro atoms. The zero-order chi connectivity index (χ0) is 22.0. The maximum atomic E-state index is 13.5. The second-order valence-electron chi connectivity index (χ2n) is 8.68. The van der Waals surface area contributed by atoms with Crippen LogP contribution >= 0.6 is 11.3 Å². The number of fused-ring (bicyclic) bond motifs is 1. The second-order valence-corrected chi connectivity index (χ2v) is 9.68. The highest BCUT2D eigenvalue weighted by Crippen LogP contribution is 2.40. The van der Waals surface area contributed by atoms with E-state index in [1.807, 2.05) is 28.1 Å². The minimum Gasteiger partial charge on any atom is -0.339 e. The van der Waals surface area contributed by atoms with Crippen molar-refractivity contribution < 1.29 is 9.59 Å². The van der Waals surface area contributed by atoms with Crippen LogP contribution in [0.2, 0.25) is 0 Å². The molecule has 6 heteroatoms. The number of hydrogen-bond donors (Lipinski definition) is 0. The number of carbonyl (C=O) groups excluding carboxylic acids is 2.